The lowest BCUT2D eigenvalue weighted by atomic mass is 9.79. The van der Waals surface area contributed by atoms with Crippen LogP contribution < -0.4 is 0 Å². The molecule has 0 aromatic heterocycles. The molecule has 3 aliphatic rings. The molecular formula is C25H41NO8. The number of carbonyl (C=O) groups is 3. The molecule has 3 fully saturated rings. The Morgan fingerprint density at radius 1 is 1.06 bits per heavy atom. The topological polar surface area (TPSA) is 134 Å². The van der Waals surface area contributed by atoms with Gasteiger partial charge in [-0.25, -0.2) is 4.79 Å². The van der Waals surface area contributed by atoms with Gasteiger partial charge in [-0.2, -0.15) is 0 Å². The Balaban J connectivity index is 1.58. The third-order valence-electron chi connectivity index (χ3n) is 8.06. The van der Waals surface area contributed by atoms with Crippen LogP contribution in [0.2, 0.25) is 0 Å². The highest BCUT2D eigenvalue weighted by Gasteiger charge is 2.52. The van der Waals surface area contributed by atoms with Crippen molar-refractivity contribution in [2.75, 3.05) is 6.54 Å². The number of hydrogen-bond acceptors (Lipinski definition) is 8. The summed E-state index contributed by atoms with van der Waals surface area (Å²) in [5.41, 5.74) is 0. The van der Waals surface area contributed by atoms with Gasteiger partial charge in [-0.1, -0.05) is 13.8 Å². The number of ketones is 1. The number of Topliss-reactive ketones (excluding diaryl/α,β-unsaturated/α-hetero) is 1. The molecule has 2 aliphatic heterocycles. The Kier molecular flexibility index (Phi) is 8.76. The molecule has 34 heavy (non-hydrogen) atoms. The highest BCUT2D eigenvalue weighted by atomic mass is 16.6. The van der Waals surface area contributed by atoms with Crippen LogP contribution in [0.25, 0.3) is 0 Å². The number of carbonyl (C=O) groups excluding carboxylic acids is 3. The molecule has 9 nitrogen and oxygen atoms in total. The van der Waals surface area contributed by atoms with Crippen LogP contribution in [0.4, 0.5) is 0 Å². The molecule has 9 unspecified atom stereocenters. The van der Waals surface area contributed by atoms with Crippen molar-refractivity contribution < 1.29 is 39.2 Å². The standard InChI is InChI=1S/C25H41NO8/c1-14(12-18-9-10-20(27)21(28)13-18)17(4)33-24(31)19-6-5-11-26(19)23(30)22(29)25(32)15(2)7-8-16(3)34-25/h14-21,27-28,32H,5-13H2,1-4H3. The van der Waals surface area contributed by atoms with Crippen LogP contribution in [0.15, 0.2) is 0 Å². The second-order valence-electron chi connectivity index (χ2n) is 10.8. The Bertz CT molecular complexity index is 759. The number of aliphatic hydroxyl groups is 3. The van der Waals surface area contributed by atoms with Crippen molar-refractivity contribution in [1.82, 2.24) is 4.90 Å². The van der Waals surface area contributed by atoms with Crippen molar-refractivity contribution in [3.63, 3.8) is 0 Å². The van der Waals surface area contributed by atoms with Gasteiger partial charge in [-0.15, -0.1) is 0 Å². The van der Waals surface area contributed by atoms with Gasteiger partial charge in [-0.05, 0) is 77.0 Å². The predicted octanol–water partition coefficient (Wildman–Crippen LogP) is 1.55. The summed E-state index contributed by atoms with van der Waals surface area (Å²) >= 11 is 0. The van der Waals surface area contributed by atoms with E-state index >= 15 is 0 Å². The van der Waals surface area contributed by atoms with E-state index in [2.05, 4.69) is 0 Å². The van der Waals surface area contributed by atoms with E-state index in [9.17, 15) is 29.7 Å². The van der Waals surface area contributed by atoms with Crippen molar-refractivity contribution in [2.24, 2.45) is 17.8 Å². The molecule has 0 aromatic rings. The molecule has 3 rings (SSSR count). The van der Waals surface area contributed by atoms with Gasteiger partial charge < -0.3 is 29.7 Å². The highest BCUT2D eigenvalue weighted by molar-refractivity contribution is 6.39. The lowest BCUT2D eigenvalue weighted by Gasteiger charge is -2.40. The van der Waals surface area contributed by atoms with Gasteiger partial charge in [0.05, 0.1) is 18.3 Å². The van der Waals surface area contributed by atoms with Crippen molar-refractivity contribution in [1.29, 1.82) is 0 Å². The van der Waals surface area contributed by atoms with Crippen LogP contribution in [-0.4, -0.2) is 80.7 Å². The van der Waals surface area contributed by atoms with E-state index in [1.165, 1.54) is 4.90 Å². The number of ether oxygens (including phenoxy) is 2. The average Bonchev–Trinajstić information content (AvgIpc) is 3.28. The van der Waals surface area contributed by atoms with E-state index in [0.717, 1.165) is 12.8 Å². The van der Waals surface area contributed by atoms with E-state index in [-0.39, 0.29) is 24.5 Å². The van der Waals surface area contributed by atoms with Crippen molar-refractivity contribution >= 4 is 17.7 Å². The van der Waals surface area contributed by atoms with Gasteiger partial charge in [0.25, 0.3) is 11.7 Å². The first-order chi connectivity index (χ1) is 15.9. The van der Waals surface area contributed by atoms with E-state index in [4.69, 9.17) is 9.47 Å². The van der Waals surface area contributed by atoms with Crippen LogP contribution in [-0.2, 0) is 23.9 Å². The molecule has 194 valence electrons. The summed E-state index contributed by atoms with van der Waals surface area (Å²) in [6, 6.07) is -0.863. The molecular weight excluding hydrogens is 442 g/mol. The first-order valence-corrected chi connectivity index (χ1v) is 12.8. The van der Waals surface area contributed by atoms with Crippen molar-refractivity contribution in [3.8, 4) is 0 Å². The third kappa shape index (κ3) is 5.80. The zero-order chi connectivity index (χ0) is 25.2. The van der Waals surface area contributed by atoms with Crippen molar-refractivity contribution in [3.05, 3.63) is 0 Å². The molecule has 2 saturated heterocycles. The van der Waals surface area contributed by atoms with Gasteiger partial charge in [0.1, 0.15) is 12.1 Å². The summed E-state index contributed by atoms with van der Waals surface area (Å²) in [4.78, 5) is 40.2. The Labute approximate surface area is 201 Å². The van der Waals surface area contributed by atoms with Crippen LogP contribution in [0.5, 0.6) is 0 Å². The quantitative estimate of drug-likeness (QED) is 0.367. The fraction of sp³-hybridized carbons (Fsp3) is 0.880. The second kappa shape index (κ2) is 11.0. The molecule has 0 bridgehead atoms. The Morgan fingerprint density at radius 2 is 1.76 bits per heavy atom. The van der Waals surface area contributed by atoms with Gasteiger partial charge in [-0.3, -0.25) is 9.59 Å². The van der Waals surface area contributed by atoms with E-state index in [0.29, 0.717) is 38.5 Å². The molecule has 0 spiro atoms. The number of nitrogens with zero attached hydrogens (tertiary/aromatic N) is 1. The molecule has 1 saturated carbocycles. The molecule has 3 N–H and O–H groups in total. The SMILES string of the molecule is CC1CCC(C)C(O)(C(=O)C(=O)N2CCCC2C(=O)OC(C)C(C)CC2CCC(O)C(O)C2)O1. The Morgan fingerprint density at radius 3 is 2.44 bits per heavy atom. The minimum absolute atomic E-state index is 0.0299. The summed E-state index contributed by atoms with van der Waals surface area (Å²) in [6.45, 7) is 7.47. The smallest absolute Gasteiger partial charge is 0.329 e. The van der Waals surface area contributed by atoms with E-state index < -0.39 is 53.7 Å². The average molecular weight is 484 g/mol. The zero-order valence-electron chi connectivity index (χ0n) is 20.8. The summed E-state index contributed by atoms with van der Waals surface area (Å²) in [7, 11) is 0. The monoisotopic (exact) mass is 483 g/mol. The van der Waals surface area contributed by atoms with Crippen LogP contribution in [0.1, 0.15) is 79.1 Å². The number of amides is 1. The second-order valence-corrected chi connectivity index (χ2v) is 10.8. The summed E-state index contributed by atoms with van der Waals surface area (Å²) in [5.74, 6) is -4.89. The molecule has 9 heteroatoms. The third-order valence-corrected chi connectivity index (χ3v) is 8.06. The first-order valence-electron chi connectivity index (χ1n) is 12.8. The molecule has 9 atom stereocenters. The maximum absolute atomic E-state index is 13.0. The molecule has 1 aliphatic carbocycles. The van der Waals surface area contributed by atoms with Crippen LogP contribution in [0.3, 0.4) is 0 Å². The maximum Gasteiger partial charge on any atom is 0.329 e. The fourth-order valence-electron chi connectivity index (χ4n) is 5.50. The van der Waals surface area contributed by atoms with Gasteiger partial charge >= 0.3 is 5.97 Å². The normalized spacial score (nSPS) is 38.3. The first kappa shape index (κ1) is 27.0. The van der Waals surface area contributed by atoms with Gasteiger partial charge in [0.15, 0.2) is 0 Å². The number of esters is 1. The molecule has 0 radical (unpaired) electrons. The van der Waals surface area contributed by atoms with E-state index in [1.807, 2.05) is 13.8 Å². The predicted molar refractivity (Wildman–Crippen MR) is 122 cm³/mol. The zero-order valence-corrected chi connectivity index (χ0v) is 20.8. The highest BCUT2D eigenvalue weighted by Crippen LogP contribution is 2.35. The van der Waals surface area contributed by atoms with Crippen molar-refractivity contribution in [2.45, 2.75) is 115 Å². The number of rotatable bonds is 7. The molecule has 1 amide bonds. The molecule has 2 heterocycles. The Hall–Kier alpha value is -1.55. The van der Waals surface area contributed by atoms with Crippen LogP contribution in [0, 0.1) is 17.8 Å². The van der Waals surface area contributed by atoms with Crippen LogP contribution >= 0.6 is 0 Å². The number of likely N-dealkylation sites (tertiary alicyclic amines) is 1. The minimum Gasteiger partial charge on any atom is -0.461 e. The lowest BCUT2D eigenvalue weighted by molar-refractivity contribution is -0.259. The fourth-order valence-corrected chi connectivity index (χ4v) is 5.50. The maximum atomic E-state index is 13.0. The molecule has 0 aromatic carbocycles. The van der Waals surface area contributed by atoms with E-state index in [1.54, 1.807) is 13.8 Å². The lowest BCUT2D eigenvalue weighted by Crippen LogP contribution is -2.58. The largest absolute Gasteiger partial charge is 0.461 e. The van der Waals surface area contributed by atoms with Gasteiger partial charge in [0, 0.05) is 12.5 Å². The summed E-state index contributed by atoms with van der Waals surface area (Å²) in [6.07, 6.45) is 2.76. The number of hydrogen-bond donors (Lipinski definition) is 3. The van der Waals surface area contributed by atoms with Gasteiger partial charge in [0.2, 0.25) is 5.79 Å². The summed E-state index contributed by atoms with van der Waals surface area (Å²) < 4.78 is 11.2. The summed E-state index contributed by atoms with van der Waals surface area (Å²) in [5, 5.41) is 30.5. The number of aliphatic hydroxyl groups excluding tert-OH is 2. The minimum atomic E-state index is -2.17.